The van der Waals surface area contributed by atoms with E-state index in [4.69, 9.17) is 9.47 Å². The van der Waals surface area contributed by atoms with E-state index in [1.807, 2.05) is 0 Å². The molecule has 1 aliphatic rings. The molecule has 0 aromatic heterocycles. The van der Waals surface area contributed by atoms with Gasteiger partial charge in [0.25, 0.3) is 0 Å². The van der Waals surface area contributed by atoms with Gasteiger partial charge >= 0.3 is 0 Å². The molecule has 15 heavy (non-hydrogen) atoms. The second kappa shape index (κ2) is 6.58. The summed E-state index contributed by atoms with van der Waals surface area (Å²) in [6.45, 7) is 7.82. The lowest BCUT2D eigenvalue weighted by atomic mass is 10.4. The minimum absolute atomic E-state index is 0.225. The zero-order valence-corrected chi connectivity index (χ0v) is 9.28. The number of hydrogen-bond donors (Lipinski definition) is 1. The maximum atomic E-state index is 10.2. The van der Waals surface area contributed by atoms with Crippen LogP contribution in [0, 0.1) is 0 Å². The Bertz CT molecular complexity index is 233. The number of nitrogens with one attached hydrogen (secondary N) is 1. The Kier molecular flexibility index (Phi) is 5.36. The quantitative estimate of drug-likeness (QED) is 0.395. The summed E-state index contributed by atoms with van der Waals surface area (Å²) in [5.74, 6) is 1.90. The molecule has 0 bridgehead atoms. The number of ether oxygens (including phenoxy) is 2. The Morgan fingerprint density at radius 3 is 2.80 bits per heavy atom. The number of allylic oxidation sites excluding steroid dienone is 1. The van der Waals surface area contributed by atoms with Crippen molar-refractivity contribution in [3.8, 4) is 0 Å². The highest BCUT2D eigenvalue weighted by atomic mass is 16.7. The van der Waals surface area contributed by atoms with Gasteiger partial charge in [0.2, 0.25) is 0 Å². The number of nitrogens with zero attached hydrogens (tertiary/aromatic N) is 1. The predicted octanol–water partition coefficient (Wildman–Crippen LogP) is -0.0363. The Balaban J connectivity index is 2.15. The summed E-state index contributed by atoms with van der Waals surface area (Å²) in [5, 5.41) is 3.26. The molecule has 0 saturated carbocycles. The molecule has 1 fully saturated rings. The van der Waals surface area contributed by atoms with Crippen molar-refractivity contribution in [1.82, 2.24) is 10.2 Å². The Hall–Kier alpha value is -0.870. The van der Waals surface area contributed by atoms with Crippen LogP contribution in [0.5, 0.6) is 0 Å². The second-order valence-electron chi connectivity index (χ2n) is 3.51. The van der Waals surface area contributed by atoms with Gasteiger partial charge in [-0.1, -0.05) is 0 Å². The molecule has 0 spiro atoms. The van der Waals surface area contributed by atoms with E-state index < -0.39 is 6.29 Å². The Morgan fingerprint density at radius 1 is 1.53 bits per heavy atom. The summed E-state index contributed by atoms with van der Waals surface area (Å²) in [6, 6.07) is 0. The van der Waals surface area contributed by atoms with Crippen LogP contribution in [-0.4, -0.2) is 50.0 Å². The van der Waals surface area contributed by atoms with Gasteiger partial charge < -0.3 is 14.8 Å². The number of hydrogen-bond acceptors (Lipinski definition) is 5. The molecule has 1 aliphatic heterocycles. The molecule has 1 saturated heterocycles. The van der Waals surface area contributed by atoms with Crippen LogP contribution in [0.1, 0.15) is 13.8 Å². The average molecular weight is 214 g/mol. The van der Waals surface area contributed by atoms with E-state index >= 15 is 0 Å². The monoisotopic (exact) mass is 214 g/mol. The molecule has 0 aromatic rings. The van der Waals surface area contributed by atoms with Crippen molar-refractivity contribution in [3.05, 3.63) is 5.76 Å². The van der Waals surface area contributed by atoms with Gasteiger partial charge in [-0.25, -0.2) is 4.79 Å². The highest BCUT2D eigenvalue weighted by molar-refractivity contribution is 5.48. The van der Waals surface area contributed by atoms with E-state index in [1.54, 1.807) is 19.8 Å². The van der Waals surface area contributed by atoms with Crippen LogP contribution in [0.2, 0.25) is 0 Å². The summed E-state index contributed by atoms with van der Waals surface area (Å²) in [4.78, 5) is 12.4. The van der Waals surface area contributed by atoms with E-state index in [-0.39, 0.29) is 5.76 Å². The van der Waals surface area contributed by atoms with Crippen molar-refractivity contribution in [2.24, 2.45) is 0 Å². The van der Waals surface area contributed by atoms with E-state index in [0.29, 0.717) is 6.73 Å². The molecule has 5 nitrogen and oxygen atoms in total. The second-order valence-corrected chi connectivity index (χ2v) is 3.51. The Morgan fingerprint density at radius 2 is 2.20 bits per heavy atom. The van der Waals surface area contributed by atoms with Gasteiger partial charge in [-0.15, -0.1) is 0 Å². The number of rotatable bonds is 5. The fraction of sp³-hybridized carbons (Fsp3) is 0.800. The van der Waals surface area contributed by atoms with Gasteiger partial charge in [0, 0.05) is 33.1 Å². The summed E-state index contributed by atoms with van der Waals surface area (Å²) >= 11 is 0. The topological polar surface area (TPSA) is 50.8 Å². The third-order valence-corrected chi connectivity index (χ3v) is 2.19. The highest BCUT2D eigenvalue weighted by Crippen LogP contribution is 2.01. The predicted molar refractivity (Wildman–Crippen MR) is 55.8 cm³/mol. The van der Waals surface area contributed by atoms with Crippen LogP contribution in [0.25, 0.3) is 0 Å². The first-order valence-electron chi connectivity index (χ1n) is 5.15. The van der Waals surface area contributed by atoms with Crippen molar-refractivity contribution in [3.63, 3.8) is 0 Å². The van der Waals surface area contributed by atoms with E-state index in [9.17, 15) is 4.79 Å². The van der Waals surface area contributed by atoms with Crippen LogP contribution < -0.4 is 5.32 Å². The molecular formula is C10H18N2O3. The zero-order valence-electron chi connectivity index (χ0n) is 9.28. The minimum atomic E-state index is -0.402. The van der Waals surface area contributed by atoms with Crippen LogP contribution in [0.4, 0.5) is 0 Å². The van der Waals surface area contributed by atoms with Crippen LogP contribution >= 0.6 is 0 Å². The molecule has 1 atom stereocenters. The molecule has 86 valence electrons. The van der Waals surface area contributed by atoms with Crippen LogP contribution in [0.3, 0.4) is 0 Å². The number of piperazine rings is 1. The molecule has 1 unspecified atom stereocenters. The average Bonchev–Trinajstić information content (AvgIpc) is 2.27. The molecule has 1 rings (SSSR count). The van der Waals surface area contributed by atoms with Gasteiger partial charge in [0.1, 0.15) is 6.73 Å². The molecule has 5 heteroatoms. The molecular weight excluding hydrogens is 196 g/mol. The third kappa shape index (κ3) is 4.95. The number of carbonyl (C=O) groups excluding carboxylic acids is 1. The first kappa shape index (κ1) is 12.2. The van der Waals surface area contributed by atoms with Gasteiger partial charge in [0.05, 0.1) is 0 Å². The summed E-state index contributed by atoms with van der Waals surface area (Å²) in [6.07, 6.45) is -0.402. The molecule has 1 N–H and O–H groups in total. The van der Waals surface area contributed by atoms with Crippen LogP contribution in [0.15, 0.2) is 5.76 Å². The highest BCUT2D eigenvalue weighted by Gasteiger charge is 2.11. The molecule has 0 aliphatic carbocycles. The summed E-state index contributed by atoms with van der Waals surface area (Å²) in [5.41, 5.74) is 0. The van der Waals surface area contributed by atoms with Crippen molar-refractivity contribution in [2.75, 3.05) is 32.9 Å². The fourth-order valence-corrected chi connectivity index (χ4v) is 1.36. The van der Waals surface area contributed by atoms with Gasteiger partial charge in [0.15, 0.2) is 18.0 Å². The van der Waals surface area contributed by atoms with E-state index in [2.05, 4.69) is 10.2 Å². The standard InChI is InChI=1S/C10H18N2O3/c1-9(7-13)15-10(2)14-8-12-5-3-11-4-6-12/h10-11H,3-6,8H2,1-2H3. The van der Waals surface area contributed by atoms with Gasteiger partial charge in [-0.05, 0) is 6.92 Å². The maximum absolute atomic E-state index is 10.2. The van der Waals surface area contributed by atoms with Crippen LogP contribution in [-0.2, 0) is 14.3 Å². The smallest absolute Gasteiger partial charge is 0.199 e. The fourth-order valence-electron chi connectivity index (χ4n) is 1.36. The molecule has 0 aromatic carbocycles. The largest absolute Gasteiger partial charge is 0.458 e. The summed E-state index contributed by atoms with van der Waals surface area (Å²) < 4.78 is 10.5. The minimum Gasteiger partial charge on any atom is -0.458 e. The first-order valence-corrected chi connectivity index (χ1v) is 5.15. The third-order valence-electron chi connectivity index (χ3n) is 2.19. The first-order chi connectivity index (χ1) is 7.22. The van der Waals surface area contributed by atoms with Crippen molar-refractivity contribution in [1.29, 1.82) is 0 Å². The lowest BCUT2D eigenvalue weighted by Gasteiger charge is -2.28. The van der Waals surface area contributed by atoms with Crippen molar-refractivity contribution < 1.29 is 14.3 Å². The van der Waals surface area contributed by atoms with Crippen molar-refractivity contribution in [2.45, 2.75) is 20.1 Å². The summed E-state index contributed by atoms with van der Waals surface area (Å²) in [7, 11) is 0. The molecule has 1 heterocycles. The lowest BCUT2D eigenvalue weighted by Crippen LogP contribution is -2.44. The van der Waals surface area contributed by atoms with E-state index in [0.717, 1.165) is 26.2 Å². The lowest BCUT2D eigenvalue weighted by molar-refractivity contribution is -0.135. The Labute approximate surface area is 90.0 Å². The molecule has 0 amide bonds. The normalized spacial score (nSPS) is 19.3. The van der Waals surface area contributed by atoms with Gasteiger partial charge in [-0.3, -0.25) is 4.90 Å². The maximum Gasteiger partial charge on any atom is 0.199 e. The zero-order chi connectivity index (χ0) is 11.1. The van der Waals surface area contributed by atoms with E-state index in [1.165, 1.54) is 0 Å². The molecule has 0 radical (unpaired) electrons. The SMILES string of the molecule is CC(=C=O)OC(C)OCN1CCNCC1. The van der Waals surface area contributed by atoms with Crippen molar-refractivity contribution >= 4 is 5.94 Å². The van der Waals surface area contributed by atoms with Gasteiger partial charge in [-0.2, -0.15) is 0 Å².